The van der Waals surface area contributed by atoms with Crippen molar-refractivity contribution in [3.8, 4) is 0 Å². The van der Waals surface area contributed by atoms with E-state index in [1.807, 2.05) is 0 Å². The summed E-state index contributed by atoms with van der Waals surface area (Å²) in [5.74, 6) is -1.41. The van der Waals surface area contributed by atoms with Crippen molar-refractivity contribution < 1.29 is 13.6 Å². The summed E-state index contributed by atoms with van der Waals surface area (Å²) >= 11 is 3.10. The fourth-order valence-electron chi connectivity index (χ4n) is 1.89. The number of aryl methyl sites for hydroxylation is 1. The number of carbonyl (C=O) groups excluding carboxylic acids is 1. The van der Waals surface area contributed by atoms with E-state index in [1.54, 1.807) is 13.0 Å². The standard InChI is InChI=1S/C15H13BrF2N2O/c1-8-4-13(18)11(16)6-14(8)20-7-10-5-9(15(19)21)2-3-12(10)17/h2-6,20H,7H2,1H3,(H2,19,21). The van der Waals surface area contributed by atoms with Crippen molar-refractivity contribution in [2.45, 2.75) is 13.5 Å². The first-order chi connectivity index (χ1) is 9.88. The largest absolute Gasteiger partial charge is 0.381 e. The molecule has 0 saturated carbocycles. The van der Waals surface area contributed by atoms with Gasteiger partial charge in [0.25, 0.3) is 0 Å². The topological polar surface area (TPSA) is 55.1 Å². The van der Waals surface area contributed by atoms with E-state index in [9.17, 15) is 13.6 Å². The molecule has 0 atom stereocenters. The third-order valence-corrected chi connectivity index (χ3v) is 3.67. The second-order valence-corrected chi connectivity index (χ2v) is 5.46. The molecule has 6 heteroatoms. The van der Waals surface area contributed by atoms with E-state index in [2.05, 4.69) is 21.2 Å². The van der Waals surface area contributed by atoms with Crippen LogP contribution in [0.3, 0.4) is 0 Å². The highest BCUT2D eigenvalue weighted by atomic mass is 79.9. The molecular weight excluding hydrogens is 342 g/mol. The molecule has 0 aliphatic rings. The van der Waals surface area contributed by atoms with Gasteiger partial charge in [0.15, 0.2) is 0 Å². The highest BCUT2D eigenvalue weighted by Crippen LogP contribution is 2.25. The molecule has 2 aromatic carbocycles. The van der Waals surface area contributed by atoms with Gasteiger partial charge in [-0.3, -0.25) is 4.79 Å². The van der Waals surface area contributed by atoms with Gasteiger partial charge in [-0.1, -0.05) is 0 Å². The Kier molecular flexibility index (Phi) is 4.57. The van der Waals surface area contributed by atoms with E-state index >= 15 is 0 Å². The number of halogens is 3. The Morgan fingerprint density at radius 1 is 1.24 bits per heavy atom. The number of nitrogens with one attached hydrogen (secondary N) is 1. The van der Waals surface area contributed by atoms with Crippen LogP contribution in [0.25, 0.3) is 0 Å². The van der Waals surface area contributed by atoms with Gasteiger partial charge in [-0.05, 0) is 58.7 Å². The molecule has 110 valence electrons. The number of primary amides is 1. The number of anilines is 1. The number of amides is 1. The summed E-state index contributed by atoms with van der Waals surface area (Å²) < 4.78 is 27.4. The fraction of sp³-hybridized carbons (Fsp3) is 0.133. The number of hydrogen-bond acceptors (Lipinski definition) is 2. The molecular formula is C15H13BrF2N2O. The SMILES string of the molecule is Cc1cc(F)c(Br)cc1NCc1cc(C(N)=O)ccc1F. The zero-order valence-corrected chi connectivity index (χ0v) is 12.8. The van der Waals surface area contributed by atoms with Crippen LogP contribution < -0.4 is 11.1 Å². The van der Waals surface area contributed by atoms with Crippen LogP contribution in [0.15, 0.2) is 34.8 Å². The number of hydrogen-bond donors (Lipinski definition) is 2. The Balaban J connectivity index is 2.22. The minimum Gasteiger partial charge on any atom is -0.381 e. The van der Waals surface area contributed by atoms with Crippen LogP contribution in [0.4, 0.5) is 14.5 Å². The first-order valence-electron chi connectivity index (χ1n) is 6.16. The molecule has 1 amide bonds. The lowest BCUT2D eigenvalue weighted by molar-refractivity contribution is 0.1000. The number of carbonyl (C=O) groups is 1. The molecule has 3 N–H and O–H groups in total. The summed E-state index contributed by atoms with van der Waals surface area (Å²) in [5.41, 5.74) is 7.09. The second kappa shape index (κ2) is 6.22. The van der Waals surface area contributed by atoms with Gasteiger partial charge in [-0.2, -0.15) is 0 Å². The van der Waals surface area contributed by atoms with Gasteiger partial charge < -0.3 is 11.1 Å². The van der Waals surface area contributed by atoms with Crippen molar-refractivity contribution in [3.05, 3.63) is 63.1 Å². The molecule has 0 unspecified atom stereocenters. The lowest BCUT2D eigenvalue weighted by Crippen LogP contribution is -2.12. The van der Waals surface area contributed by atoms with Gasteiger partial charge >= 0.3 is 0 Å². The second-order valence-electron chi connectivity index (χ2n) is 4.61. The predicted octanol–water partition coefficient (Wildman–Crippen LogP) is 3.75. The number of nitrogens with two attached hydrogens (primary N) is 1. The Bertz CT molecular complexity index is 704. The van der Waals surface area contributed by atoms with Crippen LogP contribution in [0.5, 0.6) is 0 Å². The minimum absolute atomic E-state index is 0.159. The van der Waals surface area contributed by atoms with Crippen molar-refractivity contribution in [2.75, 3.05) is 5.32 Å². The van der Waals surface area contributed by atoms with Crippen molar-refractivity contribution in [1.29, 1.82) is 0 Å². The fourth-order valence-corrected chi connectivity index (χ4v) is 2.23. The van der Waals surface area contributed by atoms with Gasteiger partial charge in [0, 0.05) is 23.4 Å². The Labute approximate surface area is 129 Å². The summed E-state index contributed by atoms with van der Waals surface area (Å²) in [6.07, 6.45) is 0. The zero-order valence-electron chi connectivity index (χ0n) is 11.2. The Hall–Kier alpha value is -1.95. The number of benzene rings is 2. The maximum Gasteiger partial charge on any atom is 0.248 e. The van der Waals surface area contributed by atoms with Gasteiger partial charge in [0.05, 0.1) is 4.47 Å². The molecule has 3 nitrogen and oxygen atoms in total. The summed E-state index contributed by atoms with van der Waals surface area (Å²) in [6, 6.07) is 6.90. The smallest absolute Gasteiger partial charge is 0.248 e. The molecule has 0 aliphatic heterocycles. The maximum absolute atomic E-state index is 13.7. The molecule has 0 fully saturated rings. The highest BCUT2D eigenvalue weighted by Gasteiger charge is 2.09. The molecule has 0 saturated heterocycles. The van der Waals surface area contributed by atoms with Gasteiger partial charge in [0.1, 0.15) is 11.6 Å². The summed E-state index contributed by atoms with van der Waals surface area (Å²) in [7, 11) is 0. The zero-order chi connectivity index (χ0) is 15.6. The maximum atomic E-state index is 13.7. The monoisotopic (exact) mass is 354 g/mol. The van der Waals surface area contributed by atoms with E-state index in [0.717, 1.165) is 0 Å². The van der Waals surface area contributed by atoms with Crippen molar-refractivity contribution in [3.63, 3.8) is 0 Å². The molecule has 2 rings (SSSR count). The molecule has 0 aromatic heterocycles. The molecule has 0 spiro atoms. The Morgan fingerprint density at radius 2 is 1.95 bits per heavy atom. The average Bonchev–Trinajstić information content (AvgIpc) is 2.42. The molecule has 0 heterocycles. The quantitative estimate of drug-likeness (QED) is 0.878. The van der Waals surface area contributed by atoms with Crippen LogP contribution in [-0.2, 0) is 6.54 Å². The first kappa shape index (κ1) is 15.4. The normalized spacial score (nSPS) is 10.5. The Morgan fingerprint density at radius 3 is 2.62 bits per heavy atom. The molecule has 2 aromatic rings. The van der Waals surface area contributed by atoms with Gasteiger partial charge in [0.2, 0.25) is 5.91 Å². The number of rotatable bonds is 4. The van der Waals surface area contributed by atoms with E-state index < -0.39 is 11.7 Å². The molecule has 0 bridgehead atoms. The molecule has 0 aliphatic carbocycles. The van der Waals surface area contributed by atoms with Crippen LogP contribution in [0.2, 0.25) is 0 Å². The van der Waals surface area contributed by atoms with Gasteiger partial charge in [-0.25, -0.2) is 8.78 Å². The third-order valence-electron chi connectivity index (χ3n) is 3.07. The van der Waals surface area contributed by atoms with Crippen LogP contribution in [0, 0.1) is 18.6 Å². The third kappa shape index (κ3) is 3.58. The predicted molar refractivity (Wildman–Crippen MR) is 81.1 cm³/mol. The summed E-state index contributed by atoms with van der Waals surface area (Å²) in [5, 5.41) is 3.02. The van der Waals surface area contributed by atoms with E-state index in [4.69, 9.17) is 5.73 Å². The molecule has 21 heavy (non-hydrogen) atoms. The molecule has 0 radical (unpaired) electrons. The van der Waals surface area contributed by atoms with Crippen molar-refractivity contribution >= 4 is 27.5 Å². The average molecular weight is 355 g/mol. The van der Waals surface area contributed by atoms with Crippen LogP contribution in [0.1, 0.15) is 21.5 Å². The van der Waals surface area contributed by atoms with Crippen molar-refractivity contribution in [2.24, 2.45) is 5.73 Å². The lowest BCUT2D eigenvalue weighted by Gasteiger charge is -2.12. The summed E-state index contributed by atoms with van der Waals surface area (Å²) in [4.78, 5) is 11.1. The van der Waals surface area contributed by atoms with E-state index in [0.29, 0.717) is 21.3 Å². The first-order valence-corrected chi connectivity index (χ1v) is 6.95. The van der Waals surface area contributed by atoms with Gasteiger partial charge in [-0.15, -0.1) is 0 Å². The van der Waals surface area contributed by atoms with E-state index in [-0.39, 0.29) is 17.9 Å². The lowest BCUT2D eigenvalue weighted by atomic mass is 10.1. The highest BCUT2D eigenvalue weighted by molar-refractivity contribution is 9.10. The van der Waals surface area contributed by atoms with Crippen LogP contribution >= 0.6 is 15.9 Å². The van der Waals surface area contributed by atoms with E-state index in [1.165, 1.54) is 24.3 Å². The van der Waals surface area contributed by atoms with Crippen LogP contribution in [-0.4, -0.2) is 5.91 Å². The minimum atomic E-state index is -0.614. The van der Waals surface area contributed by atoms with Crippen molar-refractivity contribution in [1.82, 2.24) is 0 Å². The summed E-state index contributed by atoms with van der Waals surface area (Å²) in [6.45, 7) is 1.90.